The van der Waals surface area contributed by atoms with Crippen LogP contribution < -0.4 is 9.47 Å². The molecule has 2 fully saturated rings. The van der Waals surface area contributed by atoms with Crippen molar-refractivity contribution < 1.29 is 24.1 Å². The molecule has 0 amide bonds. The van der Waals surface area contributed by atoms with E-state index in [1.54, 1.807) is 12.1 Å². The molecule has 0 aromatic heterocycles. The van der Waals surface area contributed by atoms with E-state index in [1.807, 2.05) is 36.4 Å². The fraction of sp³-hybridized carbons (Fsp3) is 0.273. The van der Waals surface area contributed by atoms with Gasteiger partial charge in [0, 0.05) is 10.8 Å². The van der Waals surface area contributed by atoms with Gasteiger partial charge < -0.3 is 24.1 Å². The highest BCUT2D eigenvalue weighted by atomic mass is 16.8. The van der Waals surface area contributed by atoms with Crippen molar-refractivity contribution >= 4 is 0 Å². The van der Waals surface area contributed by atoms with Crippen LogP contribution in [0, 0.1) is 0 Å². The predicted molar refractivity (Wildman–Crippen MR) is 146 cm³/mol. The maximum absolute atomic E-state index is 9.73. The fourth-order valence-corrected chi connectivity index (χ4v) is 5.02. The van der Waals surface area contributed by atoms with Crippen LogP contribution in [0.3, 0.4) is 0 Å². The molecule has 38 heavy (non-hydrogen) atoms. The lowest BCUT2D eigenvalue weighted by Crippen LogP contribution is -2.26. The number of phenolic OH excluding ortho intramolecular Hbond substituents is 1. The largest absolute Gasteiger partial charge is 0.508 e. The Morgan fingerprint density at radius 1 is 0.553 bits per heavy atom. The van der Waals surface area contributed by atoms with Gasteiger partial charge in [-0.25, -0.2) is 0 Å². The molecule has 0 aliphatic carbocycles. The van der Waals surface area contributed by atoms with E-state index in [-0.39, 0.29) is 23.7 Å². The molecule has 2 unspecified atom stereocenters. The number of hydrogen-bond donors (Lipinski definition) is 1. The smallest absolute Gasteiger partial charge is 0.223 e. The summed E-state index contributed by atoms with van der Waals surface area (Å²) in [5.41, 5.74) is 5.23. The zero-order chi connectivity index (χ0) is 26.3. The van der Waals surface area contributed by atoms with Crippen LogP contribution in [-0.4, -0.2) is 30.9 Å². The SMILES string of the molecule is CC(C)(c1ccc(O)cc1)c1ccc(C(C)(c2ccc(OC3CO3)cc2)c2ccc(OC3CO3)cc2)cc1. The average molecular weight is 509 g/mol. The van der Waals surface area contributed by atoms with E-state index in [0.29, 0.717) is 13.2 Å². The summed E-state index contributed by atoms with van der Waals surface area (Å²) in [6.45, 7) is 7.96. The van der Waals surface area contributed by atoms with Gasteiger partial charge in [0.05, 0.1) is 0 Å². The van der Waals surface area contributed by atoms with Gasteiger partial charge in [0.1, 0.15) is 30.5 Å². The topological polar surface area (TPSA) is 63.8 Å². The Labute approximate surface area is 223 Å². The highest BCUT2D eigenvalue weighted by molar-refractivity contribution is 5.52. The minimum absolute atomic E-state index is 0.125. The molecule has 0 bridgehead atoms. The maximum Gasteiger partial charge on any atom is 0.223 e. The van der Waals surface area contributed by atoms with Crippen molar-refractivity contribution in [3.8, 4) is 17.2 Å². The van der Waals surface area contributed by atoms with E-state index < -0.39 is 5.41 Å². The van der Waals surface area contributed by atoms with Crippen LogP contribution in [0.1, 0.15) is 48.6 Å². The third-order valence-electron chi connectivity index (χ3n) is 7.78. The van der Waals surface area contributed by atoms with E-state index in [9.17, 15) is 5.11 Å². The first kappa shape index (κ1) is 24.5. The van der Waals surface area contributed by atoms with Crippen LogP contribution in [0.5, 0.6) is 17.2 Å². The van der Waals surface area contributed by atoms with Crippen molar-refractivity contribution in [3.63, 3.8) is 0 Å². The first-order valence-corrected chi connectivity index (χ1v) is 13.0. The summed E-state index contributed by atoms with van der Waals surface area (Å²) in [4.78, 5) is 0. The van der Waals surface area contributed by atoms with Gasteiger partial charge >= 0.3 is 0 Å². The molecule has 0 saturated carbocycles. The monoisotopic (exact) mass is 508 g/mol. The van der Waals surface area contributed by atoms with E-state index in [0.717, 1.165) is 28.2 Å². The second-order valence-electron chi connectivity index (χ2n) is 10.7. The first-order chi connectivity index (χ1) is 18.3. The van der Waals surface area contributed by atoms with Gasteiger partial charge in [-0.2, -0.15) is 0 Å². The van der Waals surface area contributed by atoms with E-state index in [2.05, 4.69) is 69.3 Å². The summed E-state index contributed by atoms with van der Waals surface area (Å²) in [5, 5.41) is 9.73. The molecule has 0 spiro atoms. The number of hydrogen-bond acceptors (Lipinski definition) is 5. The molecule has 4 aromatic carbocycles. The van der Waals surface area contributed by atoms with Gasteiger partial charge in [-0.05, 0) is 71.1 Å². The molecule has 2 saturated heterocycles. The van der Waals surface area contributed by atoms with Gasteiger partial charge in [-0.15, -0.1) is 0 Å². The Morgan fingerprint density at radius 3 is 1.24 bits per heavy atom. The normalized spacial score (nSPS) is 19.9. The van der Waals surface area contributed by atoms with Crippen LogP contribution in [0.4, 0.5) is 0 Å². The Balaban J connectivity index is 1.36. The Kier molecular flexibility index (Phi) is 6.13. The van der Waals surface area contributed by atoms with Crippen molar-refractivity contribution in [2.75, 3.05) is 13.2 Å². The number of phenols is 1. The first-order valence-electron chi connectivity index (χ1n) is 13.0. The second kappa shape index (κ2) is 9.50. The van der Waals surface area contributed by atoms with E-state index in [1.165, 1.54) is 11.1 Å². The van der Waals surface area contributed by atoms with Gasteiger partial charge in [-0.3, -0.25) is 0 Å². The minimum Gasteiger partial charge on any atom is -0.508 e. The minimum atomic E-state index is -0.412. The molecule has 4 aromatic rings. The van der Waals surface area contributed by atoms with Crippen LogP contribution in [0.2, 0.25) is 0 Å². The lowest BCUT2D eigenvalue weighted by molar-refractivity contribution is 0.179. The quantitative estimate of drug-likeness (QED) is 0.205. The van der Waals surface area contributed by atoms with Gasteiger partial charge in [0.25, 0.3) is 0 Å². The molecule has 1 N–H and O–H groups in total. The molecule has 2 aliphatic heterocycles. The molecule has 2 heterocycles. The van der Waals surface area contributed by atoms with Crippen molar-refractivity contribution in [1.82, 2.24) is 0 Å². The Bertz CT molecular complexity index is 1320. The Hall–Kier alpha value is -3.80. The van der Waals surface area contributed by atoms with Crippen LogP contribution in [0.25, 0.3) is 0 Å². The lowest BCUT2D eigenvalue weighted by Gasteiger charge is -2.33. The molecule has 0 radical (unpaired) electrons. The lowest BCUT2D eigenvalue weighted by atomic mass is 9.70. The molecule has 194 valence electrons. The van der Waals surface area contributed by atoms with Gasteiger partial charge in [-0.1, -0.05) is 74.5 Å². The van der Waals surface area contributed by atoms with Crippen LogP contribution in [-0.2, 0) is 20.3 Å². The third-order valence-corrected chi connectivity index (χ3v) is 7.78. The van der Waals surface area contributed by atoms with Crippen molar-refractivity contribution in [2.24, 2.45) is 0 Å². The number of aromatic hydroxyl groups is 1. The number of ether oxygens (including phenoxy) is 4. The molecule has 6 rings (SSSR count). The standard InChI is InChI=1S/C33H32O5/c1-32(2,23-8-14-27(34)15-9-23)22-4-6-24(7-5-22)33(3,25-10-16-28(17-11-25)37-30-20-35-30)26-12-18-29(19-13-26)38-31-21-36-31/h4-19,30-31,34H,20-21H2,1-3H3. The van der Waals surface area contributed by atoms with Crippen LogP contribution >= 0.6 is 0 Å². The fourth-order valence-electron chi connectivity index (χ4n) is 5.02. The maximum atomic E-state index is 9.73. The molecular weight excluding hydrogens is 476 g/mol. The number of rotatable bonds is 9. The van der Waals surface area contributed by atoms with E-state index in [4.69, 9.17) is 18.9 Å². The molecular formula is C33H32O5. The highest BCUT2D eigenvalue weighted by Gasteiger charge is 2.33. The predicted octanol–water partition coefficient (Wildman–Crippen LogP) is 6.54. The summed E-state index contributed by atoms with van der Waals surface area (Å²) in [5.74, 6) is 1.88. The van der Waals surface area contributed by atoms with E-state index >= 15 is 0 Å². The number of benzene rings is 4. The second-order valence-corrected chi connectivity index (χ2v) is 10.7. The van der Waals surface area contributed by atoms with Gasteiger partial charge in [0.15, 0.2) is 0 Å². The highest BCUT2D eigenvalue weighted by Crippen LogP contribution is 2.42. The third kappa shape index (κ3) is 4.87. The molecule has 5 heteroatoms. The summed E-state index contributed by atoms with van der Waals surface area (Å²) in [7, 11) is 0. The average Bonchev–Trinajstić information content (AvgIpc) is 3.87. The molecule has 5 nitrogen and oxygen atoms in total. The summed E-state index contributed by atoms with van der Waals surface area (Å²) in [6, 6.07) is 32.9. The molecule has 2 atom stereocenters. The summed E-state index contributed by atoms with van der Waals surface area (Å²) >= 11 is 0. The zero-order valence-electron chi connectivity index (χ0n) is 21.9. The number of epoxide rings is 2. The summed E-state index contributed by atoms with van der Waals surface area (Å²) in [6.07, 6.45) is -0.251. The zero-order valence-corrected chi connectivity index (χ0v) is 21.9. The van der Waals surface area contributed by atoms with Crippen molar-refractivity contribution in [3.05, 3.63) is 125 Å². The van der Waals surface area contributed by atoms with Crippen LogP contribution in [0.15, 0.2) is 97.1 Å². The van der Waals surface area contributed by atoms with Crippen molar-refractivity contribution in [1.29, 1.82) is 0 Å². The molecule has 2 aliphatic rings. The Morgan fingerprint density at radius 2 is 0.868 bits per heavy atom. The van der Waals surface area contributed by atoms with Gasteiger partial charge in [0.2, 0.25) is 12.6 Å². The van der Waals surface area contributed by atoms with Crippen molar-refractivity contribution in [2.45, 2.75) is 44.2 Å². The summed E-state index contributed by atoms with van der Waals surface area (Å²) < 4.78 is 22.0.